The van der Waals surface area contributed by atoms with Crippen LogP contribution in [0.5, 0.6) is 0 Å². The maximum atomic E-state index is 10.4. The van der Waals surface area contributed by atoms with Gasteiger partial charge in [0.1, 0.15) is 10.7 Å². The van der Waals surface area contributed by atoms with Crippen LogP contribution in [0, 0.1) is 6.92 Å². The molecule has 0 bridgehead atoms. The molecule has 0 saturated carbocycles. The molecule has 0 aromatic carbocycles. The summed E-state index contributed by atoms with van der Waals surface area (Å²) in [4.78, 5) is -0.174. The van der Waals surface area contributed by atoms with E-state index in [2.05, 4.69) is 8.05 Å². The van der Waals surface area contributed by atoms with Crippen molar-refractivity contribution in [3.05, 3.63) is 18.1 Å². The maximum Gasteiger partial charge on any atom is 0.413 e. The Kier molecular flexibility index (Phi) is 5.63. The van der Waals surface area contributed by atoms with Crippen molar-refractivity contribution in [2.45, 2.75) is 11.8 Å². The standard InChI is InChI=1S/C5H6O4S.H2O7S2/c1-4-5(2-3-9-4)10(6,7)8;1-8(2,3)7-9(4,5)6/h2-3H,1H3,(H,6,7,8);(H,1,2,3)(H,4,5,6). The quantitative estimate of drug-likeness (QED) is 0.599. The molecule has 0 atom stereocenters. The lowest BCUT2D eigenvalue weighted by molar-refractivity contribution is 0.344. The van der Waals surface area contributed by atoms with Gasteiger partial charge in [-0.2, -0.15) is 25.3 Å². The van der Waals surface area contributed by atoms with E-state index < -0.39 is 30.9 Å². The minimum atomic E-state index is -5.12. The van der Waals surface area contributed by atoms with Crippen molar-refractivity contribution in [2.75, 3.05) is 0 Å². The van der Waals surface area contributed by atoms with E-state index in [1.807, 2.05) is 0 Å². The molecule has 0 amide bonds. The summed E-state index contributed by atoms with van der Waals surface area (Å²) in [5.74, 6) is 0.197. The molecule has 0 fully saturated rings. The van der Waals surface area contributed by atoms with Crippen LogP contribution < -0.4 is 0 Å². The van der Waals surface area contributed by atoms with Crippen LogP contribution in [0.2, 0.25) is 0 Å². The summed E-state index contributed by atoms with van der Waals surface area (Å²) < 4.78 is 89.5. The molecule has 3 N–H and O–H groups in total. The van der Waals surface area contributed by atoms with E-state index in [0.717, 1.165) is 0 Å². The van der Waals surface area contributed by atoms with Crippen LogP contribution >= 0.6 is 0 Å². The van der Waals surface area contributed by atoms with Gasteiger partial charge in [-0.1, -0.05) is 0 Å². The average molecular weight is 340 g/mol. The third-order valence-corrected chi connectivity index (χ3v) is 3.62. The second-order valence-corrected chi connectivity index (χ2v) is 6.38. The Morgan fingerprint density at radius 1 is 1.00 bits per heavy atom. The van der Waals surface area contributed by atoms with Gasteiger partial charge in [0.25, 0.3) is 10.1 Å². The van der Waals surface area contributed by atoms with Gasteiger partial charge < -0.3 is 4.42 Å². The molecule has 0 radical (unpaired) electrons. The van der Waals surface area contributed by atoms with E-state index in [-0.39, 0.29) is 10.7 Å². The van der Waals surface area contributed by atoms with Gasteiger partial charge in [-0.05, 0) is 13.0 Å². The second kappa shape index (κ2) is 5.95. The van der Waals surface area contributed by atoms with Crippen molar-refractivity contribution in [3.63, 3.8) is 0 Å². The molecule has 0 aliphatic heterocycles. The summed E-state index contributed by atoms with van der Waals surface area (Å²) in [5, 5.41) is 0. The Balaban J connectivity index is 0.000000344. The smallest absolute Gasteiger partial charge is 0.413 e. The molecule has 0 saturated heterocycles. The zero-order valence-electron chi connectivity index (χ0n) is 8.99. The van der Waals surface area contributed by atoms with Gasteiger partial charge >= 0.3 is 20.8 Å². The predicted molar refractivity (Wildman–Crippen MR) is 57.4 cm³/mol. The van der Waals surface area contributed by atoms with Gasteiger partial charge in [0.15, 0.2) is 0 Å². The second-order valence-electron chi connectivity index (χ2n) is 2.74. The van der Waals surface area contributed by atoms with Crippen molar-refractivity contribution in [3.8, 4) is 0 Å². The fourth-order valence-corrected chi connectivity index (χ4v) is 2.26. The highest BCUT2D eigenvalue weighted by molar-refractivity contribution is 7.94. The summed E-state index contributed by atoms with van der Waals surface area (Å²) in [6, 6.07) is 1.20. The van der Waals surface area contributed by atoms with Crippen molar-refractivity contribution in [1.82, 2.24) is 0 Å². The third kappa shape index (κ3) is 8.65. The molecule has 1 aromatic heterocycles. The lowest BCUT2D eigenvalue weighted by Gasteiger charge is -1.89. The highest BCUT2D eigenvalue weighted by atomic mass is 32.3. The van der Waals surface area contributed by atoms with Crippen molar-refractivity contribution < 1.29 is 47.0 Å². The largest absolute Gasteiger partial charge is 0.468 e. The van der Waals surface area contributed by atoms with Gasteiger partial charge in [-0.25, -0.2) is 0 Å². The molecule has 112 valence electrons. The van der Waals surface area contributed by atoms with Gasteiger partial charge in [0.2, 0.25) is 0 Å². The molecular formula is C5H8O11S3. The molecule has 14 heteroatoms. The maximum absolute atomic E-state index is 10.4. The number of rotatable bonds is 3. The molecule has 0 spiro atoms. The number of aryl methyl sites for hydroxylation is 1. The fraction of sp³-hybridized carbons (Fsp3) is 0.200. The number of hydrogen-bond acceptors (Lipinski definition) is 8. The highest BCUT2D eigenvalue weighted by Crippen LogP contribution is 2.14. The van der Waals surface area contributed by atoms with Crippen LogP contribution in [0.1, 0.15) is 5.76 Å². The van der Waals surface area contributed by atoms with Crippen LogP contribution in [0.4, 0.5) is 0 Å². The van der Waals surface area contributed by atoms with Gasteiger partial charge in [-0.3, -0.25) is 13.7 Å². The molecule has 0 unspecified atom stereocenters. The highest BCUT2D eigenvalue weighted by Gasteiger charge is 2.16. The van der Waals surface area contributed by atoms with E-state index >= 15 is 0 Å². The van der Waals surface area contributed by atoms with E-state index in [9.17, 15) is 25.3 Å². The minimum absolute atomic E-state index is 0.174. The number of hydrogen-bond donors (Lipinski definition) is 3. The summed E-state index contributed by atoms with van der Waals surface area (Å²) in [5.41, 5.74) is 0. The molecule has 0 aliphatic carbocycles. The minimum Gasteiger partial charge on any atom is -0.468 e. The summed E-state index contributed by atoms with van der Waals surface area (Å²) in [7, 11) is -14.3. The molecule has 19 heavy (non-hydrogen) atoms. The zero-order chi connectivity index (χ0) is 15.5. The zero-order valence-corrected chi connectivity index (χ0v) is 11.4. The Hall–Kier alpha value is -1.03. The summed E-state index contributed by atoms with van der Waals surface area (Å²) in [6.07, 6.45) is 1.21. The van der Waals surface area contributed by atoms with Crippen molar-refractivity contribution in [1.29, 1.82) is 0 Å². The Morgan fingerprint density at radius 3 is 1.53 bits per heavy atom. The van der Waals surface area contributed by atoms with Gasteiger partial charge in [0, 0.05) is 0 Å². The first-order valence-corrected chi connectivity index (χ1v) is 8.07. The Labute approximate surface area is 108 Å². The molecule has 11 nitrogen and oxygen atoms in total. The lowest BCUT2D eigenvalue weighted by Crippen LogP contribution is -2.10. The average Bonchev–Trinajstić information content (AvgIpc) is 2.43. The fourth-order valence-electron chi connectivity index (χ4n) is 0.750. The topological polar surface area (TPSA) is 185 Å². The third-order valence-electron chi connectivity index (χ3n) is 1.26. The summed E-state index contributed by atoms with van der Waals surface area (Å²) in [6.45, 7) is 1.46. The van der Waals surface area contributed by atoms with Gasteiger partial charge in [-0.15, -0.1) is 3.63 Å². The lowest BCUT2D eigenvalue weighted by atomic mass is 10.5. The van der Waals surface area contributed by atoms with E-state index in [1.54, 1.807) is 0 Å². The van der Waals surface area contributed by atoms with Crippen LogP contribution in [0.25, 0.3) is 0 Å². The first kappa shape index (κ1) is 18.0. The van der Waals surface area contributed by atoms with Crippen LogP contribution in [0.15, 0.2) is 21.6 Å². The Morgan fingerprint density at radius 2 is 1.42 bits per heavy atom. The molecule has 1 rings (SSSR count). The first-order chi connectivity index (χ1) is 8.22. The van der Waals surface area contributed by atoms with E-state index in [0.29, 0.717) is 0 Å². The van der Waals surface area contributed by atoms with E-state index in [1.165, 1.54) is 19.3 Å². The number of furan rings is 1. The van der Waals surface area contributed by atoms with Gasteiger partial charge in [0.05, 0.1) is 6.26 Å². The van der Waals surface area contributed by atoms with Crippen LogP contribution in [-0.2, 0) is 34.5 Å². The SMILES string of the molecule is Cc1occc1S(=O)(=O)O.O=S(=O)(O)OS(=O)(=O)O. The predicted octanol–water partition coefficient (Wildman–Crippen LogP) is -0.557. The van der Waals surface area contributed by atoms with Crippen molar-refractivity contribution >= 4 is 30.9 Å². The molecular weight excluding hydrogens is 332 g/mol. The molecule has 1 aromatic rings. The normalized spacial score (nSPS) is 12.6. The van der Waals surface area contributed by atoms with Crippen LogP contribution in [0.3, 0.4) is 0 Å². The van der Waals surface area contributed by atoms with Crippen molar-refractivity contribution in [2.24, 2.45) is 0 Å². The molecule has 1 heterocycles. The van der Waals surface area contributed by atoms with E-state index in [4.69, 9.17) is 13.7 Å². The Bertz CT molecular complexity index is 689. The monoisotopic (exact) mass is 340 g/mol. The first-order valence-electron chi connectivity index (χ1n) is 3.90. The molecule has 0 aliphatic rings. The van der Waals surface area contributed by atoms with Crippen LogP contribution in [-0.4, -0.2) is 38.9 Å². The summed E-state index contributed by atoms with van der Waals surface area (Å²) >= 11 is 0.